The SMILES string of the molecule is CCNc1ccc([N+](=O)[O-])c(N(C)c2cccc(C)c2)n1. The zero-order chi connectivity index (χ0) is 15.4. The predicted molar refractivity (Wildman–Crippen MR) is 84.3 cm³/mol. The first-order chi connectivity index (χ1) is 10.0. The number of rotatable bonds is 5. The molecule has 0 aliphatic heterocycles. The van der Waals surface area contributed by atoms with E-state index in [4.69, 9.17) is 0 Å². The van der Waals surface area contributed by atoms with Gasteiger partial charge in [-0.15, -0.1) is 0 Å². The zero-order valence-corrected chi connectivity index (χ0v) is 12.3. The summed E-state index contributed by atoms with van der Waals surface area (Å²) in [6.07, 6.45) is 0. The van der Waals surface area contributed by atoms with E-state index in [1.54, 1.807) is 18.0 Å². The van der Waals surface area contributed by atoms with Crippen LogP contribution in [0.15, 0.2) is 36.4 Å². The topological polar surface area (TPSA) is 71.3 Å². The Labute approximate surface area is 123 Å². The lowest BCUT2D eigenvalue weighted by atomic mass is 10.2. The quantitative estimate of drug-likeness (QED) is 0.673. The van der Waals surface area contributed by atoms with Gasteiger partial charge in [0.25, 0.3) is 0 Å². The second-order valence-electron chi connectivity index (χ2n) is 4.72. The van der Waals surface area contributed by atoms with Gasteiger partial charge in [0.1, 0.15) is 5.82 Å². The first kappa shape index (κ1) is 14.8. The van der Waals surface area contributed by atoms with Gasteiger partial charge in [0.15, 0.2) is 0 Å². The summed E-state index contributed by atoms with van der Waals surface area (Å²) < 4.78 is 0. The third-order valence-corrected chi connectivity index (χ3v) is 3.12. The first-order valence-electron chi connectivity index (χ1n) is 6.72. The molecule has 0 spiro atoms. The van der Waals surface area contributed by atoms with Gasteiger partial charge >= 0.3 is 5.69 Å². The van der Waals surface area contributed by atoms with Gasteiger partial charge in [-0.2, -0.15) is 0 Å². The highest BCUT2D eigenvalue weighted by Gasteiger charge is 2.20. The minimum absolute atomic E-state index is 0.0133. The minimum atomic E-state index is -0.412. The Morgan fingerprint density at radius 2 is 2.10 bits per heavy atom. The maximum Gasteiger partial charge on any atom is 0.312 e. The van der Waals surface area contributed by atoms with Crippen LogP contribution in [0.2, 0.25) is 0 Å². The lowest BCUT2D eigenvalue weighted by Crippen LogP contribution is -2.14. The molecule has 0 aliphatic carbocycles. The summed E-state index contributed by atoms with van der Waals surface area (Å²) in [7, 11) is 1.78. The van der Waals surface area contributed by atoms with E-state index >= 15 is 0 Å². The van der Waals surface area contributed by atoms with E-state index in [2.05, 4.69) is 10.3 Å². The number of hydrogen-bond donors (Lipinski definition) is 1. The Kier molecular flexibility index (Phi) is 4.37. The monoisotopic (exact) mass is 286 g/mol. The lowest BCUT2D eigenvalue weighted by molar-refractivity contribution is -0.384. The van der Waals surface area contributed by atoms with E-state index in [0.29, 0.717) is 18.2 Å². The van der Waals surface area contributed by atoms with Gasteiger partial charge < -0.3 is 10.2 Å². The molecule has 0 saturated carbocycles. The van der Waals surface area contributed by atoms with Crippen molar-refractivity contribution in [3.8, 4) is 0 Å². The Morgan fingerprint density at radius 1 is 1.33 bits per heavy atom. The fourth-order valence-electron chi connectivity index (χ4n) is 2.07. The molecule has 110 valence electrons. The molecule has 2 aromatic rings. The zero-order valence-electron chi connectivity index (χ0n) is 12.3. The third-order valence-electron chi connectivity index (χ3n) is 3.12. The van der Waals surface area contributed by atoms with Gasteiger partial charge in [0.05, 0.1) is 4.92 Å². The van der Waals surface area contributed by atoms with Crippen molar-refractivity contribution in [2.75, 3.05) is 23.8 Å². The number of nitrogens with zero attached hydrogens (tertiary/aromatic N) is 3. The van der Waals surface area contributed by atoms with E-state index in [9.17, 15) is 10.1 Å². The molecule has 1 aromatic heterocycles. The highest BCUT2D eigenvalue weighted by Crippen LogP contribution is 2.32. The number of anilines is 3. The Balaban J connectivity index is 2.48. The van der Waals surface area contributed by atoms with Crippen LogP contribution in [0.5, 0.6) is 0 Å². The van der Waals surface area contributed by atoms with E-state index in [1.165, 1.54) is 6.07 Å². The maximum atomic E-state index is 11.2. The summed E-state index contributed by atoms with van der Waals surface area (Å²) in [5, 5.41) is 14.3. The number of aromatic nitrogens is 1. The molecule has 0 radical (unpaired) electrons. The second-order valence-corrected chi connectivity index (χ2v) is 4.72. The largest absolute Gasteiger partial charge is 0.370 e. The standard InChI is InChI=1S/C15H18N4O2/c1-4-16-14-9-8-13(19(20)21)15(17-14)18(3)12-7-5-6-11(2)10-12/h5-10H,4H2,1-3H3,(H,16,17). The Morgan fingerprint density at radius 3 is 2.71 bits per heavy atom. The van der Waals surface area contributed by atoms with Crippen LogP contribution in [0.1, 0.15) is 12.5 Å². The van der Waals surface area contributed by atoms with Crippen molar-refractivity contribution in [3.05, 3.63) is 52.1 Å². The van der Waals surface area contributed by atoms with Crippen molar-refractivity contribution in [2.45, 2.75) is 13.8 Å². The van der Waals surface area contributed by atoms with E-state index in [1.807, 2.05) is 38.1 Å². The van der Waals surface area contributed by atoms with Crippen molar-refractivity contribution in [1.82, 2.24) is 4.98 Å². The number of aryl methyl sites for hydroxylation is 1. The van der Waals surface area contributed by atoms with E-state index < -0.39 is 4.92 Å². The second kappa shape index (κ2) is 6.21. The normalized spacial score (nSPS) is 10.2. The lowest BCUT2D eigenvalue weighted by Gasteiger charge is -2.19. The molecule has 0 atom stereocenters. The summed E-state index contributed by atoms with van der Waals surface area (Å²) in [4.78, 5) is 16.9. The van der Waals surface area contributed by atoms with Crippen molar-refractivity contribution in [1.29, 1.82) is 0 Å². The number of benzene rings is 1. The molecule has 2 rings (SSSR count). The molecule has 1 heterocycles. The van der Waals surface area contributed by atoms with Crippen LogP contribution < -0.4 is 10.2 Å². The van der Waals surface area contributed by atoms with Crippen LogP contribution in [0.4, 0.5) is 23.0 Å². The van der Waals surface area contributed by atoms with Crippen LogP contribution in [-0.2, 0) is 0 Å². The average molecular weight is 286 g/mol. The molecule has 1 N–H and O–H groups in total. The fraction of sp³-hybridized carbons (Fsp3) is 0.267. The van der Waals surface area contributed by atoms with E-state index in [0.717, 1.165) is 11.3 Å². The Bertz CT molecular complexity index is 658. The van der Waals surface area contributed by atoms with Crippen LogP contribution in [-0.4, -0.2) is 23.5 Å². The molecule has 0 saturated heterocycles. The summed E-state index contributed by atoms with van der Waals surface area (Å²) in [6, 6.07) is 10.9. The summed E-state index contributed by atoms with van der Waals surface area (Å²) in [5.74, 6) is 0.946. The molecule has 6 heteroatoms. The highest BCUT2D eigenvalue weighted by molar-refractivity contribution is 5.70. The third kappa shape index (κ3) is 3.28. The van der Waals surface area contributed by atoms with Crippen molar-refractivity contribution >= 4 is 23.0 Å². The molecule has 0 fully saturated rings. The Hall–Kier alpha value is -2.63. The number of pyridine rings is 1. The number of hydrogen-bond acceptors (Lipinski definition) is 5. The fourth-order valence-corrected chi connectivity index (χ4v) is 2.07. The van der Waals surface area contributed by atoms with Crippen LogP contribution in [0.3, 0.4) is 0 Å². The molecule has 0 unspecified atom stereocenters. The van der Waals surface area contributed by atoms with Crippen molar-refractivity contribution in [2.24, 2.45) is 0 Å². The van der Waals surface area contributed by atoms with Gasteiger partial charge in [0, 0.05) is 25.3 Å². The van der Waals surface area contributed by atoms with Crippen LogP contribution >= 0.6 is 0 Å². The summed E-state index contributed by atoms with van der Waals surface area (Å²) in [6.45, 7) is 4.64. The minimum Gasteiger partial charge on any atom is -0.370 e. The van der Waals surface area contributed by atoms with Crippen molar-refractivity contribution in [3.63, 3.8) is 0 Å². The van der Waals surface area contributed by atoms with Crippen LogP contribution in [0.25, 0.3) is 0 Å². The van der Waals surface area contributed by atoms with Gasteiger partial charge in [-0.3, -0.25) is 10.1 Å². The number of nitro groups is 1. The van der Waals surface area contributed by atoms with E-state index in [-0.39, 0.29) is 5.69 Å². The molecule has 21 heavy (non-hydrogen) atoms. The average Bonchev–Trinajstić information content (AvgIpc) is 2.46. The molecule has 6 nitrogen and oxygen atoms in total. The molecule has 0 amide bonds. The summed E-state index contributed by atoms with van der Waals surface area (Å²) >= 11 is 0. The first-order valence-corrected chi connectivity index (χ1v) is 6.72. The van der Waals surface area contributed by atoms with Gasteiger partial charge in [0.2, 0.25) is 5.82 Å². The van der Waals surface area contributed by atoms with Crippen molar-refractivity contribution < 1.29 is 4.92 Å². The van der Waals surface area contributed by atoms with Gasteiger partial charge in [-0.05, 0) is 37.6 Å². The smallest absolute Gasteiger partial charge is 0.312 e. The predicted octanol–water partition coefficient (Wildman–Crippen LogP) is 3.50. The molecular formula is C15H18N4O2. The molecule has 1 aromatic carbocycles. The number of nitrogens with one attached hydrogen (secondary N) is 1. The highest BCUT2D eigenvalue weighted by atomic mass is 16.6. The van der Waals surface area contributed by atoms with Gasteiger partial charge in [-0.1, -0.05) is 12.1 Å². The molecule has 0 bridgehead atoms. The molecule has 0 aliphatic rings. The molecular weight excluding hydrogens is 268 g/mol. The van der Waals surface area contributed by atoms with Crippen LogP contribution in [0, 0.1) is 17.0 Å². The maximum absolute atomic E-state index is 11.2. The van der Waals surface area contributed by atoms with Gasteiger partial charge in [-0.25, -0.2) is 4.98 Å². The summed E-state index contributed by atoms with van der Waals surface area (Å²) in [5.41, 5.74) is 1.93.